The molecule has 2 rings (SSSR count). The summed E-state index contributed by atoms with van der Waals surface area (Å²) in [5.41, 5.74) is 0.732. The number of anilines is 1. The number of amides is 1. The first-order valence-corrected chi connectivity index (χ1v) is 7.52. The monoisotopic (exact) mass is 352 g/mol. The average molecular weight is 353 g/mol. The summed E-state index contributed by atoms with van der Waals surface area (Å²) in [5.74, 6) is -0.677. The third-order valence-electron chi connectivity index (χ3n) is 3.31. The maximum absolute atomic E-state index is 12.9. The zero-order valence-electron chi connectivity index (χ0n) is 12.9. The Hall–Kier alpha value is -2.51. The summed E-state index contributed by atoms with van der Waals surface area (Å²) in [6, 6.07) is 10.1. The second-order valence-electron chi connectivity index (χ2n) is 5.40. The number of carbonyl (C=O) groups is 1. The van der Waals surface area contributed by atoms with E-state index < -0.39 is 4.92 Å². The highest BCUT2D eigenvalue weighted by Gasteiger charge is 2.18. The number of benzene rings is 2. The lowest BCUT2D eigenvalue weighted by Gasteiger charge is -2.14. The van der Waals surface area contributed by atoms with Crippen molar-refractivity contribution in [1.82, 2.24) is 0 Å². The van der Waals surface area contributed by atoms with Crippen LogP contribution in [0.25, 0.3) is 0 Å². The zero-order chi connectivity index (χ0) is 17.7. The van der Waals surface area contributed by atoms with Gasteiger partial charge in [-0.25, -0.2) is 4.39 Å². The minimum absolute atomic E-state index is 0.101. The SMILES string of the molecule is C[NH+](CC(=O)Nc1ccc(Cl)cc1[N+](=O)[O-])Cc1ccc(F)cc1. The normalized spacial score (nSPS) is 11.8. The van der Waals surface area contributed by atoms with E-state index in [0.29, 0.717) is 6.54 Å². The summed E-state index contributed by atoms with van der Waals surface area (Å²) in [6.45, 7) is 0.633. The van der Waals surface area contributed by atoms with Crippen LogP contribution in [-0.2, 0) is 11.3 Å². The smallest absolute Gasteiger partial charge is 0.294 e. The molecule has 2 aromatic rings. The fraction of sp³-hybridized carbons (Fsp3) is 0.188. The van der Waals surface area contributed by atoms with Crippen LogP contribution in [0.4, 0.5) is 15.8 Å². The number of halogens is 2. The Labute approximate surface area is 143 Å². The van der Waals surface area contributed by atoms with Gasteiger partial charge in [-0.15, -0.1) is 0 Å². The van der Waals surface area contributed by atoms with Crippen LogP contribution >= 0.6 is 11.6 Å². The van der Waals surface area contributed by atoms with Crippen molar-refractivity contribution >= 4 is 28.9 Å². The van der Waals surface area contributed by atoms with Crippen LogP contribution in [0.3, 0.4) is 0 Å². The van der Waals surface area contributed by atoms with Gasteiger partial charge in [-0.05, 0) is 24.3 Å². The number of rotatable bonds is 6. The first-order valence-electron chi connectivity index (χ1n) is 7.14. The number of nitrogens with one attached hydrogen (secondary N) is 2. The highest BCUT2D eigenvalue weighted by molar-refractivity contribution is 6.31. The summed E-state index contributed by atoms with van der Waals surface area (Å²) in [4.78, 5) is 23.3. The van der Waals surface area contributed by atoms with Crippen molar-refractivity contribution in [3.63, 3.8) is 0 Å². The lowest BCUT2D eigenvalue weighted by atomic mass is 10.2. The first kappa shape index (κ1) is 17.8. The van der Waals surface area contributed by atoms with Crippen molar-refractivity contribution in [2.45, 2.75) is 6.54 Å². The highest BCUT2D eigenvalue weighted by atomic mass is 35.5. The third-order valence-corrected chi connectivity index (χ3v) is 3.55. The van der Waals surface area contributed by atoms with Gasteiger partial charge in [-0.2, -0.15) is 0 Å². The fourth-order valence-electron chi connectivity index (χ4n) is 2.24. The van der Waals surface area contributed by atoms with E-state index >= 15 is 0 Å². The van der Waals surface area contributed by atoms with Crippen LogP contribution in [0.15, 0.2) is 42.5 Å². The van der Waals surface area contributed by atoms with Gasteiger partial charge in [0.1, 0.15) is 18.0 Å². The summed E-state index contributed by atoms with van der Waals surface area (Å²) < 4.78 is 12.9. The molecule has 6 nitrogen and oxygen atoms in total. The highest BCUT2D eigenvalue weighted by Crippen LogP contribution is 2.27. The van der Waals surface area contributed by atoms with E-state index in [-0.39, 0.29) is 34.7 Å². The molecule has 0 bridgehead atoms. The lowest BCUT2D eigenvalue weighted by molar-refractivity contribution is -0.885. The maximum atomic E-state index is 12.9. The van der Waals surface area contributed by atoms with Gasteiger partial charge in [0.05, 0.1) is 12.0 Å². The minimum atomic E-state index is -0.601. The molecule has 0 saturated carbocycles. The molecule has 1 amide bonds. The van der Waals surface area contributed by atoms with E-state index in [9.17, 15) is 19.3 Å². The molecule has 0 saturated heterocycles. The van der Waals surface area contributed by atoms with Crippen molar-refractivity contribution < 1.29 is 19.0 Å². The van der Waals surface area contributed by atoms with Crippen LogP contribution in [0.1, 0.15) is 5.56 Å². The van der Waals surface area contributed by atoms with E-state index in [1.807, 2.05) is 0 Å². The van der Waals surface area contributed by atoms with Gasteiger partial charge < -0.3 is 10.2 Å². The van der Waals surface area contributed by atoms with Crippen molar-refractivity contribution in [2.75, 3.05) is 18.9 Å². The van der Waals surface area contributed by atoms with Gasteiger partial charge >= 0.3 is 0 Å². The van der Waals surface area contributed by atoms with Gasteiger partial charge in [0.25, 0.3) is 11.6 Å². The van der Waals surface area contributed by atoms with E-state index in [4.69, 9.17) is 11.6 Å². The Kier molecular flexibility index (Phi) is 5.83. The second-order valence-corrected chi connectivity index (χ2v) is 5.84. The van der Waals surface area contributed by atoms with Crippen LogP contribution in [-0.4, -0.2) is 24.4 Å². The second kappa shape index (κ2) is 7.85. The summed E-state index contributed by atoms with van der Waals surface area (Å²) >= 11 is 5.74. The molecule has 0 aromatic heterocycles. The summed E-state index contributed by atoms with van der Waals surface area (Å²) in [7, 11) is 1.80. The number of nitrogens with zero attached hydrogens (tertiary/aromatic N) is 1. The van der Waals surface area contributed by atoms with Gasteiger partial charge in [-0.1, -0.05) is 23.7 Å². The molecule has 0 radical (unpaired) electrons. The molecule has 0 aliphatic rings. The number of quaternary nitrogens is 1. The molecule has 0 heterocycles. The minimum Gasteiger partial charge on any atom is -0.326 e. The van der Waals surface area contributed by atoms with Crippen LogP contribution in [0.5, 0.6) is 0 Å². The average Bonchev–Trinajstić information content (AvgIpc) is 2.51. The Morgan fingerprint density at radius 3 is 2.58 bits per heavy atom. The Morgan fingerprint density at radius 1 is 1.29 bits per heavy atom. The number of likely N-dealkylation sites (N-methyl/N-ethyl adjacent to an activating group) is 1. The molecule has 0 aliphatic heterocycles. The molecular weight excluding hydrogens is 337 g/mol. The van der Waals surface area contributed by atoms with Gasteiger partial charge in [0, 0.05) is 16.7 Å². The number of nitro benzene ring substituents is 1. The molecule has 2 N–H and O–H groups in total. The Bertz CT molecular complexity index is 753. The summed E-state index contributed by atoms with van der Waals surface area (Å²) in [5, 5.41) is 13.8. The van der Waals surface area contributed by atoms with E-state index in [2.05, 4.69) is 5.32 Å². The first-order chi connectivity index (χ1) is 11.3. The maximum Gasteiger partial charge on any atom is 0.294 e. The molecule has 0 aliphatic carbocycles. The summed E-state index contributed by atoms with van der Waals surface area (Å²) in [6.07, 6.45) is 0. The van der Waals surface area contributed by atoms with Gasteiger partial charge in [0.2, 0.25) is 0 Å². The molecule has 1 unspecified atom stereocenters. The van der Waals surface area contributed by atoms with Crippen LogP contribution < -0.4 is 10.2 Å². The van der Waals surface area contributed by atoms with Gasteiger partial charge in [-0.3, -0.25) is 14.9 Å². The zero-order valence-corrected chi connectivity index (χ0v) is 13.6. The van der Waals surface area contributed by atoms with Crippen molar-refractivity contribution in [3.05, 3.63) is 69.0 Å². The number of hydrogen-bond acceptors (Lipinski definition) is 3. The van der Waals surface area contributed by atoms with Crippen molar-refractivity contribution in [1.29, 1.82) is 0 Å². The number of hydrogen-bond donors (Lipinski definition) is 2. The fourth-order valence-corrected chi connectivity index (χ4v) is 2.41. The predicted molar refractivity (Wildman–Crippen MR) is 88.6 cm³/mol. The van der Waals surface area contributed by atoms with E-state index in [0.717, 1.165) is 10.5 Å². The largest absolute Gasteiger partial charge is 0.326 e. The number of carbonyl (C=O) groups excluding carboxylic acids is 1. The molecule has 0 spiro atoms. The molecule has 0 fully saturated rings. The number of nitro groups is 1. The molecule has 24 heavy (non-hydrogen) atoms. The quantitative estimate of drug-likeness (QED) is 0.617. The molecule has 8 heteroatoms. The van der Waals surface area contributed by atoms with Gasteiger partial charge in [0.15, 0.2) is 6.54 Å². The Balaban J connectivity index is 1.98. The van der Waals surface area contributed by atoms with Crippen molar-refractivity contribution in [2.24, 2.45) is 0 Å². The van der Waals surface area contributed by atoms with E-state index in [1.165, 1.54) is 30.3 Å². The van der Waals surface area contributed by atoms with Crippen LogP contribution in [0.2, 0.25) is 5.02 Å². The standard InChI is InChI=1S/C16H15ClFN3O3/c1-20(9-11-2-5-13(18)6-3-11)10-16(22)19-14-7-4-12(17)8-15(14)21(23)24/h2-8H,9-10H2,1H3,(H,19,22)/p+1. The molecule has 2 aromatic carbocycles. The topological polar surface area (TPSA) is 76.7 Å². The van der Waals surface area contributed by atoms with Crippen LogP contribution in [0, 0.1) is 15.9 Å². The molecule has 1 atom stereocenters. The Morgan fingerprint density at radius 2 is 1.96 bits per heavy atom. The third kappa shape index (κ3) is 5.00. The van der Waals surface area contributed by atoms with E-state index in [1.54, 1.807) is 19.2 Å². The lowest BCUT2D eigenvalue weighted by Crippen LogP contribution is -3.08. The predicted octanol–water partition coefficient (Wildman–Crippen LogP) is 2.04. The van der Waals surface area contributed by atoms with Crippen molar-refractivity contribution in [3.8, 4) is 0 Å². The molecule has 126 valence electrons. The molecular formula is C16H16ClFN3O3+.